The summed E-state index contributed by atoms with van der Waals surface area (Å²) < 4.78 is 5.36. The molecular weight excluding hydrogens is 432 g/mol. The van der Waals surface area contributed by atoms with E-state index in [0.717, 1.165) is 18.7 Å². The van der Waals surface area contributed by atoms with E-state index in [1.165, 1.54) is 6.92 Å². The first-order valence-corrected chi connectivity index (χ1v) is 11.8. The molecule has 1 unspecified atom stereocenters. The molecule has 2 aromatic carbocycles. The minimum absolute atomic E-state index is 0.0476. The molecule has 8 nitrogen and oxygen atoms in total. The molecule has 0 radical (unpaired) electrons. The number of ketones is 1. The zero-order valence-corrected chi connectivity index (χ0v) is 19.6. The van der Waals surface area contributed by atoms with Crippen LogP contribution >= 0.6 is 0 Å². The molecule has 2 aliphatic rings. The van der Waals surface area contributed by atoms with Crippen LogP contribution in [0.15, 0.2) is 54.6 Å². The van der Waals surface area contributed by atoms with Crippen molar-refractivity contribution in [2.45, 2.75) is 13.0 Å². The number of carbonyl (C=O) groups excluding carboxylic acids is 3. The quantitative estimate of drug-likeness (QED) is 0.632. The average molecular weight is 465 g/mol. The van der Waals surface area contributed by atoms with Crippen LogP contribution in [0, 0.1) is 0 Å². The van der Waals surface area contributed by atoms with Crippen molar-refractivity contribution in [3.8, 4) is 0 Å². The highest BCUT2D eigenvalue weighted by Gasteiger charge is 2.32. The third-order valence-electron chi connectivity index (χ3n) is 6.39. The molecule has 180 valence electrons. The van der Waals surface area contributed by atoms with Gasteiger partial charge in [-0.2, -0.15) is 0 Å². The molecule has 0 saturated carbocycles. The Morgan fingerprint density at radius 1 is 0.912 bits per heavy atom. The molecule has 0 spiro atoms. The van der Waals surface area contributed by atoms with Crippen LogP contribution in [0.1, 0.15) is 28.9 Å². The van der Waals surface area contributed by atoms with E-state index in [1.807, 2.05) is 35.2 Å². The van der Waals surface area contributed by atoms with Crippen LogP contribution < -0.4 is 5.32 Å². The Morgan fingerprint density at radius 2 is 1.62 bits per heavy atom. The SMILES string of the molecule is CC(=O)c1cccc(NC(=O)C(c2ccccc2)N2CCN(C(=O)CN3CCOCC3)CC2)c1. The van der Waals surface area contributed by atoms with Gasteiger partial charge >= 0.3 is 0 Å². The number of ether oxygens (including phenoxy) is 1. The summed E-state index contributed by atoms with van der Waals surface area (Å²) >= 11 is 0. The van der Waals surface area contributed by atoms with Crippen molar-refractivity contribution in [2.75, 3.05) is 64.3 Å². The van der Waals surface area contributed by atoms with Crippen molar-refractivity contribution < 1.29 is 19.1 Å². The number of piperazine rings is 1. The molecule has 2 saturated heterocycles. The first-order chi connectivity index (χ1) is 16.5. The number of morpholine rings is 1. The third kappa shape index (κ3) is 6.08. The van der Waals surface area contributed by atoms with Crippen molar-refractivity contribution in [3.05, 3.63) is 65.7 Å². The van der Waals surface area contributed by atoms with Gasteiger partial charge < -0.3 is 15.0 Å². The van der Waals surface area contributed by atoms with E-state index in [-0.39, 0.29) is 17.6 Å². The lowest BCUT2D eigenvalue weighted by atomic mass is 10.0. The molecule has 2 fully saturated rings. The maximum atomic E-state index is 13.4. The zero-order chi connectivity index (χ0) is 23.9. The highest BCUT2D eigenvalue weighted by atomic mass is 16.5. The number of nitrogens with zero attached hydrogens (tertiary/aromatic N) is 3. The lowest BCUT2D eigenvalue weighted by Gasteiger charge is -2.39. The second-order valence-electron chi connectivity index (χ2n) is 8.74. The number of nitrogens with one attached hydrogen (secondary N) is 1. The van der Waals surface area contributed by atoms with Crippen molar-refractivity contribution in [2.24, 2.45) is 0 Å². The first kappa shape index (κ1) is 24.1. The van der Waals surface area contributed by atoms with Gasteiger partial charge in [0.15, 0.2) is 5.78 Å². The fourth-order valence-corrected chi connectivity index (χ4v) is 4.47. The Balaban J connectivity index is 1.42. The number of rotatable bonds is 7. The van der Waals surface area contributed by atoms with E-state index >= 15 is 0 Å². The number of hydrogen-bond acceptors (Lipinski definition) is 6. The minimum atomic E-state index is -0.487. The van der Waals surface area contributed by atoms with Crippen LogP contribution in [0.3, 0.4) is 0 Å². The summed E-state index contributed by atoms with van der Waals surface area (Å²) in [7, 11) is 0. The Morgan fingerprint density at radius 3 is 2.29 bits per heavy atom. The first-order valence-electron chi connectivity index (χ1n) is 11.8. The van der Waals surface area contributed by atoms with Gasteiger partial charge in [0.25, 0.3) is 0 Å². The summed E-state index contributed by atoms with van der Waals surface area (Å²) in [6.45, 7) is 7.21. The van der Waals surface area contributed by atoms with Crippen LogP contribution in [0.25, 0.3) is 0 Å². The molecule has 2 heterocycles. The molecule has 2 amide bonds. The Kier molecular flexibility index (Phi) is 8.05. The summed E-state index contributed by atoms with van der Waals surface area (Å²) in [4.78, 5) is 44.1. The molecule has 1 atom stereocenters. The molecule has 0 bridgehead atoms. The number of carbonyl (C=O) groups is 3. The molecule has 0 aliphatic carbocycles. The molecule has 4 rings (SSSR count). The summed E-state index contributed by atoms with van der Waals surface area (Å²) in [5, 5.41) is 2.99. The highest BCUT2D eigenvalue weighted by molar-refractivity contribution is 5.98. The van der Waals surface area contributed by atoms with E-state index < -0.39 is 6.04 Å². The minimum Gasteiger partial charge on any atom is -0.379 e. The van der Waals surface area contributed by atoms with Crippen LogP contribution in [0.5, 0.6) is 0 Å². The maximum absolute atomic E-state index is 13.4. The normalized spacial score (nSPS) is 18.3. The Labute approximate surface area is 200 Å². The number of hydrogen-bond donors (Lipinski definition) is 1. The maximum Gasteiger partial charge on any atom is 0.246 e. The van der Waals surface area contributed by atoms with Crippen molar-refractivity contribution in [1.29, 1.82) is 0 Å². The van der Waals surface area contributed by atoms with Gasteiger partial charge in [-0.25, -0.2) is 0 Å². The predicted octanol–water partition coefficient (Wildman–Crippen LogP) is 2.05. The topological polar surface area (TPSA) is 82.2 Å². The van der Waals surface area contributed by atoms with Gasteiger partial charge in [-0.05, 0) is 24.6 Å². The lowest BCUT2D eigenvalue weighted by Crippen LogP contribution is -2.54. The monoisotopic (exact) mass is 464 g/mol. The molecular formula is C26H32N4O4. The van der Waals surface area contributed by atoms with Gasteiger partial charge in [0.05, 0.1) is 19.8 Å². The third-order valence-corrected chi connectivity index (χ3v) is 6.39. The summed E-state index contributed by atoms with van der Waals surface area (Å²) in [6, 6.07) is 16.2. The van der Waals surface area contributed by atoms with Crippen LogP contribution in [-0.2, 0) is 14.3 Å². The van der Waals surface area contributed by atoms with Crippen molar-refractivity contribution in [1.82, 2.24) is 14.7 Å². The largest absolute Gasteiger partial charge is 0.379 e. The van der Waals surface area contributed by atoms with E-state index in [0.29, 0.717) is 57.2 Å². The Hall–Kier alpha value is -3.07. The summed E-state index contributed by atoms with van der Waals surface area (Å²) in [5.74, 6) is -0.0723. The van der Waals surface area contributed by atoms with Crippen molar-refractivity contribution >= 4 is 23.3 Å². The smallest absolute Gasteiger partial charge is 0.246 e. The fraction of sp³-hybridized carbons (Fsp3) is 0.423. The van der Waals surface area contributed by atoms with Gasteiger partial charge in [0.2, 0.25) is 11.8 Å². The van der Waals surface area contributed by atoms with Crippen LogP contribution in [0.4, 0.5) is 5.69 Å². The highest BCUT2D eigenvalue weighted by Crippen LogP contribution is 2.25. The van der Waals surface area contributed by atoms with E-state index in [1.54, 1.807) is 24.3 Å². The van der Waals surface area contributed by atoms with E-state index in [4.69, 9.17) is 4.74 Å². The molecule has 1 N–H and O–H groups in total. The lowest BCUT2D eigenvalue weighted by molar-refractivity contribution is -0.136. The second kappa shape index (κ2) is 11.4. The Bertz CT molecular complexity index is 999. The average Bonchev–Trinajstić information content (AvgIpc) is 2.86. The van der Waals surface area contributed by atoms with Crippen LogP contribution in [0.2, 0.25) is 0 Å². The van der Waals surface area contributed by atoms with E-state index in [9.17, 15) is 14.4 Å². The van der Waals surface area contributed by atoms with E-state index in [2.05, 4.69) is 15.1 Å². The van der Waals surface area contributed by atoms with Crippen molar-refractivity contribution in [3.63, 3.8) is 0 Å². The van der Waals surface area contributed by atoms with Gasteiger partial charge in [0, 0.05) is 50.5 Å². The molecule has 34 heavy (non-hydrogen) atoms. The number of Topliss-reactive ketones (excluding diaryl/α,β-unsaturated/α-hetero) is 1. The zero-order valence-electron chi connectivity index (χ0n) is 19.6. The number of benzene rings is 2. The van der Waals surface area contributed by atoms with Gasteiger partial charge in [-0.1, -0.05) is 42.5 Å². The fourth-order valence-electron chi connectivity index (χ4n) is 4.47. The van der Waals surface area contributed by atoms with Gasteiger partial charge in [-0.3, -0.25) is 24.2 Å². The molecule has 0 aromatic heterocycles. The number of amides is 2. The molecule has 2 aliphatic heterocycles. The second-order valence-corrected chi connectivity index (χ2v) is 8.74. The van der Waals surface area contributed by atoms with Gasteiger partial charge in [0.1, 0.15) is 6.04 Å². The summed E-state index contributed by atoms with van der Waals surface area (Å²) in [5.41, 5.74) is 2.05. The molecule has 2 aromatic rings. The number of anilines is 1. The standard InChI is InChI=1S/C26H32N4O4/c1-20(31)22-8-5-9-23(18-22)27-26(33)25(21-6-3-2-4-7-21)30-12-10-29(11-13-30)24(32)19-28-14-16-34-17-15-28/h2-9,18,25H,10-17,19H2,1H3,(H,27,33). The summed E-state index contributed by atoms with van der Waals surface area (Å²) in [6.07, 6.45) is 0. The van der Waals surface area contributed by atoms with Crippen LogP contribution in [-0.4, -0.2) is 91.3 Å². The predicted molar refractivity (Wildman–Crippen MR) is 130 cm³/mol. The molecule has 8 heteroatoms. The van der Waals surface area contributed by atoms with Gasteiger partial charge in [-0.15, -0.1) is 0 Å².